The van der Waals surface area contributed by atoms with Gasteiger partial charge in [-0.05, 0) is 13.0 Å². The molecule has 1 aromatic carbocycles. The summed E-state index contributed by atoms with van der Waals surface area (Å²) in [6.45, 7) is 1.23. The molecule has 1 aromatic rings. The van der Waals surface area contributed by atoms with E-state index in [1.54, 1.807) is 0 Å². The normalized spacial score (nSPS) is 14.2. The molecule has 0 saturated carbocycles. The van der Waals surface area contributed by atoms with E-state index in [2.05, 4.69) is 4.74 Å². The van der Waals surface area contributed by atoms with Crippen molar-refractivity contribution in [3.05, 3.63) is 35.1 Å². The Morgan fingerprint density at radius 3 is 2.47 bits per heavy atom. The minimum Gasteiger partial charge on any atom is -0.444 e. The number of carbonyl (C=O) groups is 1. The van der Waals surface area contributed by atoms with E-state index >= 15 is 0 Å². The van der Waals surface area contributed by atoms with E-state index in [-0.39, 0.29) is 0 Å². The molecule has 7 heteroatoms. The maximum absolute atomic E-state index is 13.3. The van der Waals surface area contributed by atoms with Crippen LogP contribution in [0.2, 0.25) is 0 Å². The number of aliphatic hydroxyl groups is 1. The lowest BCUT2D eigenvalue weighted by Crippen LogP contribution is -2.26. The Morgan fingerprint density at radius 2 is 1.94 bits per heavy atom. The van der Waals surface area contributed by atoms with Gasteiger partial charge in [0.25, 0.3) is 0 Å². The van der Waals surface area contributed by atoms with Crippen molar-refractivity contribution in [2.24, 2.45) is 5.73 Å². The number of amides is 1. The van der Waals surface area contributed by atoms with Crippen molar-refractivity contribution in [2.45, 2.75) is 19.1 Å². The Kier molecular flexibility index (Phi) is 3.95. The van der Waals surface area contributed by atoms with Crippen molar-refractivity contribution in [3.63, 3.8) is 0 Å². The van der Waals surface area contributed by atoms with Gasteiger partial charge >= 0.3 is 6.09 Å². The van der Waals surface area contributed by atoms with Crippen molar-refractivity contribution in [3.8, 4) is 0 Å². The summed E-state index contributed by atoms with van der Waals surface area (Å²) in [6, 6.07) is 1.52. The molecular formula is C10H10F3NO3. The van der Waals surface area contributed by atoms with Crippen molar-refractivity contribution < 1.29 is 27.8 Å². The quantitative estimate of drug-likeness (QED) is 0.799. The number of benzene rings is 1. The summed E-state index contributed by atoms with van der Waals surface area (Å²) in [5, 5.41) is 9.57. The number of halogens is 3. The van der Waals surface area contributed by atoms with Gasteiger partial charge in [0.05, 0.1) is 0 Å². The highest BCUT2D eigenvalue weighted by atomic mass is 19.2. The van der Waals surface area contributed by atoms with E-state index in [0.29, 0.717) is 6.07 Å². The first kappa shape index (κ1) is 13.3. The summed E-state index contributed by atoms with van der Waals surface area (Å²) in [5.41, 5.74) is 4.19. The van der Waals surface area contributed by atoms with Gasteiger partial charge in [0.1, 0.15) is 12.2 Å². The molecule has 3 N–H and O–H groups in total. The van der Waals surface area contributed by atoms with E-state index in [0.717, 1.165) is 6.07 Å². The topological polar surface area (TPSA) is 72.5 Å². The van der Waals surface area contributed by atoms with Crippen molar-refractivity contribution in [2.75, 3.05) is 0 Å². The zero-order valence-electron chi connectivity index (χ0n) is 8.78. The number of primary amides is 1. The standard InChI is InChI=1S/C10H10F3NO3/c1-4(17-10(14)16)9(15)5-2-3-6(11)8(13)7(5)12/h2-4,9,15H,1H3,(H2,14,16)/t4-,9+/m0/s1. The van der Waals surface area contributed by atoms with Crippen molar-refractivity contribution >= 4 is 6.09 Å². The van der Waals surface area contributed by atoms with Crippen molar-refractivity contribution in [1.82, 2.24) is 0 Å². The molecule has 94 valence electrons. The summed E-state index contributed by atoms with van der Waals surface area (Å²) < 4.78 is 43.2. The Balaban J connectivity index is 3.00. The second-order valence-corrected chi connectivity index (χ2v) is 3.35. The minimum absolute atomic E-state index is 0.516. The first-order chi connectivity index (χ1) is 7.84. The molecule has 0 spiro atoms. The number of aliphatic hydroxyl groups excluding tert-OH is 1. The average molecular weight is 249 g/mol. The van der Waals surface area contributed by atoms with Crippen LogP contribution in [0.4, 0.5) is 18.0 Å². The fourth-order valence-electron chi connectivity index (χ4n) is 1.27. The first-order valence-electron chi connectivity index (χ1n) is 4.62. The predicted octanol–water partition coefficient (Wildman–Crippen LogP) is 1.62. The fraction of sp³-hybridized carbons (Fsp3) is 0.300. The summed E-state index contributed by atoms with van der Waals surface area (Å²) >= 11 is 0. The van der Waals surface area contributed by atoms with Crippen LogP contribution >= 0.6 is 0 Å². The van der Waals surface area contributed by atoms with Crippen LogP contribution in [0.5, 0.6) is 0 Å². The molecule has 0 aliphatic carbocycles. The lowest BCUT2D eigenvalue weighted by Gasteiger charge is -2.19. The average Bonchev–Trinajstić information content (AvgIpc) is 2.24. The number of carbonyl (C=O) groups excluding carboxylic acids is 1. The predicted molar refractivity (Wildman–Crippen MR) is 51.4 cm³/mol. The van der Waals surface area contributed by atoms with Crippen LogP contribution in [-0.4, -0.2) is 17.3 Å². The molecule has 0 aromatic heterocycles. The highest BCUT2D eigenvalue weighted by molar-refractivity contribution is 5.64. The summed E-state index contributed by atoms with van der Waals surface area (Å²) in [7, 11) is 0. The maximum atomic E-state index is 13.3. The van der Waals surface area contributed by atoms with Crippen LogP contribution < -0.4 is 5.73 Å². The number of ether oxygens (including phenoxy) is 1. The second-order valence-electron chi connectivity index (χ2n) is 3.35. The van der Waals surface area contributed by atoms with Crippen molar-refractivity contribution in [1.29, 1.82) is 0 Å². The second kappa shape index (κ2) is 5.05. The molecule has 0 aliphatic rings. The zero-order valence-corrected chi connectivity index (χ0v) is 8.78. The SMILES string of the molecule is C[C@H](OC(N)=O)[C@@H](O)c1ccc(F)c(F)c1F. The molecule has 17 heavy (non-hydrogen) atoms. The van der Waals surface area contributed by atoms with Gasteiger partial charge in [0.15, 0.2) is 17.5 Å². The molecule has 0 fully saturated rings. The molecule has 0 unspecified atom stereocenters. The van der Waals surface area contributed by atoms with Gasteiger partial charge < -0.3 is 15.6 Å². The highest BCUT2D eigenvalue weighted by Crippen LogP contribution is 2.24. The number of rotatable bonds is 3. The van der Waals surface area contributed by atoms with Crippen LogP contribution in [0.3, 0.4) is 0 Å². The van der Waals surface area contributed by atoms with E-state index in [4.69, 9.17) is 5.73 Å². The third-order valence-corrected chi connectivity index (χ3v) is 2.13. The highest BCUT2D eigenvalue weighted by Gasteiger charge is 2.25. The lowest BCUT2D eigenvalue weighted by molar-refractivity contribution is 0.0136. The van der Waals surface area contributed by atoms with Gasteiger partial charge in [-0.25, -0.2) is 18.0 Å². The minimum atomic E-state index is -1.70. The third kappa shape index (κ3) is 2.88. The molecule has 1 amide bonds. The maximum Gasteiger partial charge on any atom is 0.404 e. The fourth-order valence-corrected chi connectivity index (χ4v) is 1.27. The van der Waals surface area contributed by atoms with E-state index < -0.39 is 41.3 Å². The first-order valence-corrected chi connectivity index (χ1v) is 4.62. The van der Waals surface area contributed by atoms with E-state index in [1.165, 1.54) is 6.92 Å². The van der Waals surface area contributed by atoms with Crippen LogP contribution in [0.1, 0.15) is 18.6 Å². The van der Waals surface area contributed by atoms with Gasteiger partial charge in [-0.2, -0.15) is 0 Å². The summed E-state index contributed by atoms with van der Waals surface area (Å²) in [5.74, 6) is -4.60. The van der Waals surface area contributed by atoms with Crippen LogP contribution in [-0.2, 0) is 4.74 Å². The van der Waals surface area contributed by atoms with Gasteiger partial charge in [-0.3, -0.25) is 0 Å². The van der Waals surface area contributed by atoms with Gasteiger partial charge in [0.2, 0.25) is 0 Å². The van der Waals surface area contributed by atoms with Gasteiger partial charge in [-0.1, -0.05) is 6.07 Å². The lowest BCUT2D eigenvalue weighted by atomic mass is 10.0. The summed E-state index contributed by atoms with van der Waals surface area (Å²) in [6.07, 6.45) is -4.00. The van der Waals surface area contributed by atoms with E-state index in [9.17, 15) is 23.1 Å². The van der Waals surface area contributed by atoms with E-state index in [1.807, 2.05) is 0 Å². The Labute approximate surface area is 94.8 Å². The van der Waals surface area contributed by atoms with Gasteiger partial charge in [-0.15, -0.1) is 0 Å². The molecule has 0 aliphatic heterocycles. The Bertz CT molecular complexity index is 439. The Hall–Kier alpha value is -1.76. The molecule has 4 nitrogen and oxygen atoms in total. The Morgan fingerprint density at radius 1 is 1.35 bits per heavy atom. The molecular weight excluding hydrogens is 239 g/mol. The molecule has 0 radical (unpaired) electrons. The molecule has 2 atom stereocenters. The number of hydrogen-bond acceptors (Lipinski definition) is 3. The van der Waals surface area contributed by atoms with Crippen LogP contribution in [0.25, 0.3) is 0 Å². The molecule has 0 bridgehead atoms. The summed E-state index contributed by atoms with van der Waals surface area (Å²) in [4.78, 5) is 10.4. The van der Waals surface area contributed by atoms with Crippen LogP contribution in [0, 0.1) is 17.5 Å². The largest absolute Gasteiger partial charge is 0.444 e. The monoisotopic (exact) mass is 249 g/mol. The third-order valence-electron chi connectivity index (χ3n) is 2.13. The zero-order chi connectivity index (χ0) is 13.2. The molecule has 1 rings (SSSR count). The van der Waals surface area contributed by atoms with Gasteiger partial charge in [0, 0.05) is 5.56 Å². The smallest absolute Gasteiger partial charge is 0.404 e. The number of nitrogens with two attached hydrogens (primary N) is 1. The molecule has 0 saturated heterocycles. The number of hydrogen-bond donors (Lipinski definition) is 2. The molecule has 0 heterocycles. The van der Waals surface area contributed by atoms with Crippen LogP contribution in [0.15, 0.2) is 12.1 Å².